The number of halogens is 1. The summed E-state index contributed by atoms with van der Waals surface area (Å²) < 4.78 is 30.9. The van der Waals surface area contributed by atoms with E-state index in [9.17, 15) is 13.4 Å². The molecule has 0 heterocycles. The van der Waals surface area contributed by atoms with Crippen molar-refractivity contribution in [1.82, 2.24) is 5.39 Å². The van der Waals surface area contributed by atoms with E-state index in [1.807, 2.05) is 37.3 Å². The highest BCUT2D eigenvalue weighted by Gasteiger charge is 2.26. The topological polar surface area (TPSA) is 96.3 Å². The smallest absolute Gasteiger partial charge is 0.310 e. The van der Waals surface area contributed by atoms with Gasteiger partial charge in [0.25, 0.3) is 0 Å². The maximum absolute atomic E-state index is 14.0. The Hall–Kier alpha value is -2.69. The van der Waals surface area contributed by atoms with Crippen LogP contribution in [0.1, 0.15) is 42.9 Å². The van der Waals surface area contributed by atoms with Gasteiger partial charge in [0.1, 0.15) is 5.82 Å². The molecule has 2 N–H and O–H groups in total. The number of benzene rings is 2. The fraction of sp³-hybridized carbons (Fsp3) is 0.292. The van der Waals surface area contributed by atoms with Gasteiger partial charge in [-0.1, -0.05) is 18.2 Å². The fourth-order valence-electron chi connectivity index (χ4n) is 3.64. The number of allylic oxidation sites excluding steroid dienone is 2. The van der Waals surface area contributed by atoms with Gasteiger partial charge in [0, 0.05) is 22.0 Å². The molecule has 1 aliphatic rings. The van der Waals surface area contributed by atoms with Crippen LogP contribution in [0.15, 0.2) is 52.9 Å². The van der Waals surface area contributed by atoms with Gasteiger partial charge >= 0.3 is 5.97 Å². The van der Waals surface area contributed by atoms with E-state index in [4.69, 9.17) is 15.2 Å². The molecule has 3 rings (SSSR count). The molecule has 176 valence electrons. The molecule has 2 aromatic carbocycles. The minimum atomic E-state index is -1.06. The van der Waals surface area contributed by atoms with E-state index in [2.05, 4.69) is 4.84 Å². The van der Waals surface area contributed by atoms with Crippen LogP contribution in [0.25, 0.3) is 17.2 Å². The SMILES string of the molecule is CC1=C(CC(=O)OCCCCON(O)O)c2cc(F)ccc2/C1=C\c1ccc(S(C)=O)cc1. The molecule has 0 radical (unpaired) electrons. The second kappa shape index (κ2) is 11.4. The lowest BCUT2D eigenvalue weighted by molar-refractivity contribution is -0.492. The minimum absolute atomic E-state index is 0.00490. The highest BCUT2D eigenvalue weighted by atomic mass is 32.2. The number of ether oxygens (including phenoxy) is 1. The number of carbonyl (C=O) groups is 1. The second-order valence-electron chi connectivity index (χ2n) is 7.56. The zero-order valence-electron chi connectivity index (χ0n) is 18.4. The first-order chi connectivity index (χ1) is 15.8. The molecule has 9 heteroatoms. The van der Waals surface area contributed by atoms with Gasteiger partial charge in [0.15, 0.2) is 0 Å². The number of rotatable bonds is 10. The molecule has 0 bridgehead atoms. The molecule has 0 saturated heterocycles. The van der Waals surface area contributed by atoms with Crippen LogP contribution in [0.4, 0.5) is 4.39 Å². The maximum atomic E-state index is 14.0. The predicted octanol–water partition coefficient (Wildman–Crippen LogP) is 4.62. The van der Waals surface area contributed by atoms with Crippen LogP contribution in [-0.4, -0.2) is 45.5 Å². The largest absolute Gasteiger partial charge is 0.465 e. The molecule has 0 fully saturated rings. The quantitative estimate of drug-likeness (QED) is 0.294. The number of nitrogens with zero attached hydrogens (tertiary/aromatic N) is 1. The summed E-state index contributed by atoms with van der Waals surface area (Å²) in [5.74, 6) is -0.812. The van der Waals surface area contributed by atoms with Crippen LogP contribution >= 0.6 is 0 Å². The van der Waals surface area contributed by atoms with Crippen LogP contribution in [0.3, 0.4) is 0 Å². The third kappa shape index (κ3) is 6.66. The molecule has 2 aromatic rings. The van der Waals surface area contributed by atoms with Crippen molar-refractivity contribution < 1.29 is 33.4 Å². The van der Waals surface area contributed by atoms with Crippen LogP contribution in [0, 0.1) is 5.82 Å². The van der Waals surface area contributed by atoms with Crippen LogP contribution < -0.4 is 0 Å². The first kappa shape index (κ1) is 24.9. The van der Waals surface area contributed by atoms with Crippen LogP contribution in [0.2, 0.25) is 0 Å². The highest BCUT2D eigenvalue weighted by Crippen LogP contribution is 2.44. The summed E-state index contributed by atoms with van der Waals surface area (Å²) in [5.41, 5.74) is 4.90. The lowest BCUT2D eigenvalue weighted by atomic mass is 10.0. The zero-order chi connectivity index (χ0) is 24.0. The number of esters is 1. The van der Waals surface area contributed by atoms with E-state index in [-0.39, 0.29) is 30.8 Å². The summed E-state index contributed by atoms with van der Waals surface area (Å²) in [5, 5.41) is 16.6. The van der Waals surface area contributed by atoms with Gasteiger partial charge in [-0.2, -0.15) is 0 Å². The van der Waals surface area contributed by atoms with Crippen LogP contribution in [0.5, 0.6) is 0 Å². The average Bonchev–Trinajstić information content (AvgIpc) is 3.01. The van der Waals surface area contributed by atoms with E-state index in [1.54, 1.807) is 12.3 Å². The Labute approximate surface area is 194 Å². The van der Waals surface area contributed by atoms with Crippen molar-refractivity contribution in [3.63, 3.8) is 0 Å². The van der Waals surface area contributed by atoms with Crippen molar-refractivity contribution in [2.45, 2.75) is 31.1 Å². The van der Waals surface area contributed by atoms with Crippen molar-refractivity contribution in [2.75, 3.05) is 19.5 Å². The highest BCUT2D eigenvalue weighted by molar-refractivity contribution is 7.84. The van der Waals surface area contributed by atoms with Gasteiger partial charge < -0.3 is 4.74 Å². The number of hydrogen-bond acceptors (Lipinski definition) is 7. The monoisotopic (exact) mass is 475 g/mol. The molecule has 0 aliphatic heterocycles. The maximum Gasteiger partial charge on any atom is 0.310 e. The summed E-state index contributed by atoms with van der Waals surface area (Å²) in [6.07, 6.45) is 4.56. The number of carbonyl (C=O) groups excluding carboxylic acids is 1. The summed E-state index contributed by atoms with van der Waals surface area (Å²) in [6.45, 7) is 2.13. The average molecular weight is 476 g/mol. The van der Waals surface area contributed by atoms with Crippen molar-refractivity contribution >= 4 is 34.0 Å². The van der Waals surface area contributed by atoms with Crippen molar-refractivity contribution in [3.05, 3.63) is 70.5 Å². The Morgan fingerprint density at radius 3 is 2.45 bits per heavy atom. The van der Waals surface area contributed by atoms with Gasteiger partial charge in [0.2, 0.25) is 0 Å². The third-order valence-corrected chi connectivity index (χ3v) is 6.24. The van der Waals surface area contributed by atoms with E-state index in [0.29, 0.717) is 24.0 Å². The summed E-state index contributed by atoms with van der Waals surface area (Å²) in [7, 11) is -1.06. The standard InChI is InChI=1S/C24H26FNO6S/c1-16-21(13-17-5-8-19(9-6-17)33(2)30)20-10-7-18(25)14-23(20)22(16)15-24(27)31-11-3-4-12-32-26(28)29/h5-10,13-14,28-29H,3-4,11-12,15H2,1-2H3/b21-13-. The molecular formula is C24H26FNO6S. The molecule has 0 amide bonds. The Morgan fingerprint density at radius 1 is 1.09 bits per heavy atom. The second-order valence-corrected chi connectivity index (χ2v) is 8.94. The fourth-order valence-corrected chi connectivity index (χ4v) is 4.15. The summed E-state index contributed by atoms with van der Waals surface area (Å²) >= 11 is 0. The first-order valence-electron chi connectivity index (χ1n) is 10.4. The molecule has 0 aromatic heterocycles. The molecule has 1 atom stereocenters. The third-order valence-electron chi connectivity index (χ3n) is 5.31. The molecule has 7 nitrogen and oxygen atoms in total. The molecule has 0 saturated carbocycles. The van der Waals surface area contributed by atoms with Crippen molar-refractivity contribution in [1.29, 1.82) is 0 Å². The Kier molecular flexibility index (Phi) is 8.65. The molecule has 0 spiro atoms. The predicted molar refractivity (Wildman–Crippen MR) is 122 cm³/mol. The number of hydrogen-bond donors (Lipinski definition) is 2. The molecule has 1 aliphatic carbocycles. The van der Waals surface area contributed by atoms with Gasteiger partial charge in [-0.05, 0) is 83.5 Å². The van der Waals surface area contributed by atoms with E-state index in [1.165, 1.54) is 12.1 Å². The lowest BCUT2D eigenvalue weighted by Gasteiger charge is -2.08. The molecule has 1 unspecified atom stereocenters. The Morgan fingerprint density at radius 2 is 1.79 bits per heavy atom. The van der Waals surface area contributed by atoms with E-state index >= 15 is 0 Å². The zero-order valence-corrected chi connectivity index (χ0v) is 19.2. The minimum Gasteiger partial charge on any atom is -0.465 e. The van der Waals surface area contributed by atoms with Gasteiger partial charge in [-0.25, -0.2) is 4.39 Å². The normalized spacial score (nSPS) is 15.3. The summed E-state index contributed by atoms with van der Waals surface area (Å²) in [4.78, 5) is 17.6. The Bertz CT molecular complexity index is 1090. The Balaban J connectivity index is 1.75. The molecule has 33 heavy (non-hydrogen) atoms. The van der Waals surface area contributed by atoms with E-state index < -0.39 is 16.8 Å². The van der Waals surface area contributed by atoms with Crippen molar-refractivity contribution in [2.24, 2.45) is 0 Å². The van der Waals surface area contributed by atoms with Crippen molar-refractivity contribution in [3.8, 4) is 0 Å². The first-order valence-corrected chi connectivity index (χ1v) is 11.9. The number of unbranched alkanes of at least 4 members (excludes halogenated alkanes) is 1. The van der Waals surface area contributed by atoms with Gasteiger partial charge in [-0.3, -0.25) is 24.3 Å². The summed E-state index contributed by atoms with van der Waals surface area (Å²) in [6, 6.07) is 11.9. The van der Waals surface area contributed by atoms with Gasteiger partial charge in [-0.15, -0.1) is 0 Å². The number of fused-ring (bicyclic) bond motifs is 1. The van der Waals surface area contributed by atoms with Crippen LogP contribution in [-0.2, 0) is 25.2 Å². The van der Waals surface area contributed by atoms with E-state index in [0.717, 1.165) is 27.2 Å². The molecular weight excluding hydrogens is 449 g/mol. The lowest BCUT2D eigenvalue weighted by Crippen LogP contribution is -2.15. The van der Waals surface area contributed by atoms with Gasteiger partial charge in [0.05, 0.1) is 25.0 Å².